The maximum Gasteiger partial charge on any atom is 0.314 e. The number of hydrogen-bond donors (Lipinski definition) is 0. The van der Waals surface area contributed by atoms with E-state index >= 15 is 0 Å². The summed E-state index contributed by atoms with van der Waals surface area (Å²) in [5.74, 6) is 0.784. The number of allylic oxidation sites excluding steroid dienone is 1. The second kappa shape index (κ2) is 13.1. The number of fused-ring (bicyclic) bond motifs is 1. The number of carbonyl (C=O) groups excluding carboxylic acids is 1. The predicted molar refractivity (Wildman–Crippen MR) is 139 cm³/mol. The van der Waals surface area contributed by atoms with Crippen LogP contribution in [0.4, 0.5) is 8.78 Å². The Bertz CT molecular complexity index is 890. The topological polar surface area (TPSA) is 35.5 Å². The van der Waals surface area contributed by atoms with E-state index in [-0.39, 0.29) is 24.0 Å². The highest BCUT2D eigenvalue weighted by molar-refractivity contribution is 5.75. The number of hydrogen-bond acceptors (Lipinski definition) is 3. The van der Waals surface area contributed by atoms with E-state index in [9.17, 15) is 13.6 Å². The second-order valence-corrected chi connectivity index (χ2v) is 11.5. The van der Waals surface area contributed by atoms with Gasteiger partial charge in [0.15, 0.2) is 11.5 Å². The highest BCUT2D eigenvalue weighted by Crippen LogP contribution is 2.49. The zero-order valence-electron chi connectivity index (χ0n) is 22.2. The van der Waals surface area contributed by atoms with Crippen LogP contribution in [0.15, 0.2) is 24.3 Å². The van der Waals surface area contributed by atoms with E-state index in [1.54, 1.807) is 12.2 Å². The normalized spacial score (nSPS) is 30.7. The van der Waals surface area contributed by atoms with Crippen LogP contribution in [0.2, 0.25) is 0 Å². The number of halogens is 2. The molecule has 0 spiro atoms. The zero-order chi connectivity index (χ0) is 25.5. The first kappa shape index (κ1) is 27.1. The van der Waals surface area contributed by atoms with Crippen molar-refractivity contribution in [2.24, 2.45) is 35.5 Å². The van der Waals surface area contributed by atoms with Gasteiger partial charge in [-0.3, -0.25) is 4.79 Å². The van der Waals surface area contributed by atoms with Crippen molar-refractivity contribution in [3.63, 3.8) is 0 Å². The van der Waals surface area contributed by atoms with Gasteiger partial charge in [-0.05, 0) is 106 Å². The standard InChI is InChI=1S/C31H44F2O3/c1-3-5-7-21-8-9-26-20-25(15-14-24(26)19-21)22-10-12-23(13-11-22)31(34)36-28-17-16-27(29(32)30(28)33)35-18-6-4-2/h4,6,16-17,21-26H,3,5,7-15,18-20H2,1-2H3/b6-4+. The lowest BCUT2D eigenvalue weighted by molar-refractivity contribution is -0.140. The highest BCUT2D eigenvalue weighted by Gasteiger charge is 2.39. The van der Waals surface area contributed by atoms with Crippen molar-refractivity contribution >= 4 is 5.97 Å². The molecule has 1 aromatic carbocycles. The molecule has 36 heavy (non-hydrogen) atoms. The smallest absolute Gasteiger partial charge is 0.314 e. The fraction of sp³-hybridized carbons (Fsp3) is 0.710. The molecule has 0 amide bonds. The van der Waals surface area contributed by atoms with Crippen LogP contribution < -0.4 is 9.47 Å². The van der Waals surface area contributed by atoms with Crippen LogP contribution in [0.3, 0.4) is 0 Å². The van der Waals surface area contributed by atoms with Crippen molar-refractivity contribution in [3.8, 4) is 11.5 Å². The number of esters is 1. The molecule has 0 heterocycles. The molecule has 4 unspecified atom stereocenters. The molecule has 0 aromatic heterocycles. The maximum atomic E-state index is 14.5. The fourth-order valence-electron chi connectivity index (χ4n) is 7.16. The van der Waals surface area contributed by atoms with Gasteiger partial charge in [0.1, 0.15) is 6.61 Å². The third kappa shape index (κ3) is 6.69. The van der Waals surface area contributed by atoms with Gasteiger partial charge in [-0.15, -0.1) is 0 Å². The maximum absolute atomic E-state index is 14.5. The Labute approximate surface area is 216 Å². The Kier molecular flexibility index (Phi) is 9.84. The first-order chi connectivity index (χ1) is 17.5. The number of ether oxygens (including phenoxy) is 2. The average molecular weight is 503 g/mol. The Morgan fingerprint density at radius 2 is 1.50 bits per heavy atom. The van der Waals surface area contributed by atoms with Crippen LogP contribution in [0.5, 0.6) is 11.5 Å². The SMILES string of the molecule is C/C=C/COc1ccc(OC(=O)C2CCC(C3CCC4CC(CCCC)CCC4C3)CC2)c(F)c1F. The summed E-state index contributed by atoms with van der Waals surface area (Å²) >= 11 is 0. The highest BCUT2D eigenvalue weighted by atomic mass is 19.2. The molecule has 0 aliphatic heterocycles. The summed E-state index contributed by atoms with van der Waals surface area (Å²) in [7, 11) is 0. The minimum Gasteiger partial charge on any atom is -0.486 e. The van der Waals surface area contributed by atoms with Crippen molar-refractivity contribution in [3.05, 3.63) is 35.9 Å². The Balaban J connectivity index is 1.23. The molecule has 3 aliphatic rings. The molecular formula is C31H44F2O3. The zero-order valence-corrected chi connectivity index (χ0v) is 22.2. The van der Waals surface area contributed by atoms with Gasteiger partial charge in [0.25, 0.3) is 0 Å². The monoisotopic (exact) mass is 502 g/mol. The van der Waals surface area contributed by atoms with Gasteiger partial charge in [0.2, 0.25) is 11.6 Å². The summed E-state index contributed by atoms with van der Waals surface area (Å²) in [4.78, 5) is 12.8. The lowest BCUT2D eigenvalue weighted by atomic mass is 9.60. The van der Waals surface area contributed by atoms with E-state index in [0.29, 0.717) is 5.92 Å². The summed E-state index contributed by atoms with van der Waals surface area (Å²) in [6.45, 7) is 4.27. The van der Waals surface area contributed by atoms with E-state index in [1.165, 1.54) is 69.9 Å². The minimum absolute atomic E-state index is 0.150. The summed E-state index contributed by atoms with van der Waals surface area (Å²) in [5, 5.41) is 0. The van der Waals surface area contributed by atoms with Gasteiger partial charge < -0.3 is 9.47 Å². The first-order valence-electron chi connectivity index (χ1n) is 14.4. The van der Waals surface area contributed by atoms with Gasteiger partial charge >= 0.3 is 5.97 Å². The van der Waals surface area contributed by atoms with Gasteiger partial charge in [-0.25, -0.2) is 0 Å². The molecule has 4 atom stereocenters. The molecule has 0 N–H and O–H groups in total. The molecule has 3 saturated carbocycles. The molecule has 0 radical (unpaired) electrons. The molecule has 0 bridgehead atoms. The lowest BCUT2D eigenvalue weighted by Gasteiger charge is -2.45. The van der Waals surface area contributed by atoms with E-state index in [1.807, 2.05) is 6.92 Å². The van der Waals surface area contributed by atoms with Crippen LogP contribution in [-0.4, -0.2) is 12.6 Å². The van der Waals surface area contributed by atoms with Crippen LogP contribution in [0.1, 0.15) is 97.3 Å². The first-order valence-corrected chi connectivity index (χ1v) is 14.4. The van der Waals surface area contributed by atoms with E-state index < -0.39 is 17.6 Å². The summed E-state index contributed by atoms with van der Waals surface area (Å²) in [6.07, 6.45) is 19.6. The van der Waals surface area contributed by atoms with Crippen molar-refractivity contribution in [1.29, 1.82) is 0 Å². The molecule has 1 aromatic rings. The molecule has 3 fully saturated rings. The van der Waals surface area contributed by atoms with Crippen molar-refractivity contribution < 1.29 is 23.0 Å². The van der Waals surface area contributed by atoms with Crippen molar-refractivity contribution in [1.82, 2.24) is 0 Å². The molecular weight excluding hydrogens is 458 g/mol. The van der Waals surface area contributed by atoms with Gasteiger partial charge in [-0.1, -0.05) is 44.8 Å². The summed E-state index contributed by atoms with van der Waals surface area (Å²) in [5.41, 5.74) is 0. The number of benzene rings is 1. The van der Waals surface area contributed by atoms with Crippen LogP contribution in [0, 0.1) is 47.1 Å². The molecule has 3 aliphatic carbocycles. The van der Waals surface area contributed by atoms with Crippen molar-refractivity contribution in [2.45, 2.75) is 97.3 Å². The molecule has 200 valence electrons. The third-order valence-electron chi connectivity index (χ3n) is 9.29. The van der Waals surface area contributed by atoms with Gasteiger partial charge in [-0.2, -0.15) is 8.78 Å². The van der Waals surface area contributed by atoms with E-state index in [4.69, 9.17) is 9.47 Å². The fourth-order valence-corrected chi connectivity index (χ4v) is 7.16. The Morgan fingerprint density at radius 3 is 2.22 bits per heavy atom. The van der Waals surface area contributed by atoms with Crippen molar-refractivity contribution in [2.75, 3.05) is 6.61 Å². The number of unbranched alkanes of at least 4 members (excludes halogenated alkanes) is 1. The van der Waals surface area contributed by atoms with E-state index in [2.05, 4.69) is 6.92 Å². The largest absolute Gasteiger partial charge is 0.486 e. The van der Waals surface area contributed by atoms with Gasteiger partial charge in [0, 0.05) is 0 Å². The van der Waals surface area contributed by atoms with Gasteiger partial charge in [0.05, 0.1) is 5.92 Å². The lowest BCUT2D eigenvalue weighted by Crippen LogP contribution is -2.35. The average Bonchev–Trinajstić information content (AvgIpc) is 2.91. The molecule has 4 rings (SSSR count). The Hall–Kier alpha value is -1.91. The van der Waals surface area contributed by atoms with Crippen LogP contribution >= 0.6 is 0 Å². The Morgan fingerprint density at radius 1 is 0.889 bits per heavy atom. The minimum atomic E-state index is -1.17. The number of rotatable bonds is 9. The summed E-state index contributed by atoms with van der Waals surface area (Å²) in [6, 6.07) is 2.59. The summed E-state index contributed by atoms with van der Waals surface area (Å²) < 4.78 is 39.3. The van der Waals surface area contributed by atoms with E-state index in [0.717, 1.165) is 49.4 Å². The third-order valence-corrected chi connectivity index (χ3v) is 9.29. The van der Waals surface area contributed by atoms with Crippen LogP contribution in [0.25, 0.3) is 0 Å². The molecule has 5 heteroatoms. The quantitative estimate of drug-likeness (QED) is 0.193. The number of carbonyl (C=O) groups is 1. The molecule has 0 saturated heterocycles. The predicted octanol–water partition coefficient (Wildman–Crippen LogP) is 8.65. The second-order valence-electron chi connectivity index (χ2n) is 11.5. The molecule has 3 nitrogen and oxygen atoms in total. The van der Waals surface area contributed by atoms with Crippen LogP contribution in [-0.2, 0) is 4.79 Å².